The van der Waals surface area contributed by atoms with E-state index in [0.29, 0.717) is 42.9 Å². The van der Waals surface area contributed by atoms with Crippen LogP contribution in [0.15, 0.2) is 24.5 Å². The minimum Gasteiger partial charge on any atom is -0.491 e. The van der Waals surface area contributed by atoms with Gasteiger partial charge in [0.15, 0.2) is 11.5 Å². The molecule has 2 aromatic heterocycles. The van der Waals surface area contributed by atoms with Crippen LogP contribution in [0.2, 0.25) is 0 Å². The first-order valence-corrected chi connectivity index (χ1v) is 10.3. The van der Waals surface area contributed by atoms with E-state index in [1.165, 1.54) is 12.1 Å². The first kappa shape index (κ1) is 23.7. The maximum Gasteiger partial charge on any atom is 0.437 e. The summed E-state index contributed by atoms with van der Waals surface area (Å²) >= 11 is 0. The Labute approximate surface area is 184 Å². The predicted octanol–water partition coefficient (Wildman–Crippen LogP) is 3.49. The number of nitrogens with zero attached hydrogens (tertiary/aromatic N) is 4. The van der Waals surface area contributed by atoms with Gasteiger partial charge in [0.05, 0.1) is 19.4 Å². The zero-order valence-electron chi connectivity index (χ0n) is 18.0. The molecule has 0 amide bonds. The largest absolute Gasteiger partial charge is 0.491 e. The van der Waals surface area contributed by atoms with Gasteiger partial charge in [-0.25, -0.2) is 15.0 Å². The van der Waals surface area contributed by atoms with Crippen molar-refractivity contribution in [2.45, 2.75) is 19.5 Å². The summed E-state index contributed by atoms with van der Waals surface area (Å²) in [5, 5.41) is 10.6. The molecule has 3 rings (SSSR count). The van der Waals surface area contributed by atoms with Crippen molar-refractivity contribution in [1.82, 2.24) is 15.0 Å². The Hall–Kier alpha value is -2.95. The molecule has 0 spiro atoms. The quantitative estimate of drug-likeness (QED) is 0.444. The van der Waals surface area contributed by atoms with Crippen LogP contribution < -0.4 is 15.0 Å². The van der Waals surface area contributed by atoms with E-state index < -0.39 is 11.9 Å². The van der Waals surface area contributed by atoms with Crippen LogP contribution in [0.4, 0.5) is 24.8 Å². The SMILES string of the molecule is COCCNc1nc(N2CC(C)CC(COc3cccnc3C(F)(F)F)C2)cnc1C=N. The van der Waals surface area contributed by atoms with Crippen molar-refractivity contribution in [1.29, 1.82) is 5.41 Å². The summed E-state index contributed by atoms with van der Waals surface area (Å²) in [7, 11) is 1.60. The molecule has 0 saturated carbocycles. The first-order valence-electron chi connectivity index (χ1n) is 10.3. The van der Waals surface area contributed by atoms with Crippen molar-refractivity contribution in [2.75, 3.05) is 50.2 Å². The van der Waals surface area contributed by atoms with Gasteiger partial charge in [0, 0.05) is 45.1 Å². The fourth-order valence-corrected chi connectivity index (χ4v) is 3.76. The van der Waals surface area contributed by atoms with Gasteiger partial charge in [-0.2, -0.15) is 13.2 Å². The van der Waals surface area contributed by atoms with Crippen LogP contribution in [0, 0.1) is 17.2 Å². The van der Waals surface area contributed by atoms with Gasteiger partial charge in [0.25, 0.3) is 0 Å². The van der Waals surface area contributed by atoms with Crippen molar-refractivity contribution in [3.63, 3.8) is 0 Å². The third kappa shape index (κ3) is 6.06. The highest BCUT2D eigenvalue weighted by Crippen LogP contribution is 2.35. The number of hydrogen-bond acceptors (Lipinski definition) is 8. The fraction of sp³-hybridized carbons (Fsp3) is 0.524. The van der Waals surface area contributed by atoms with Crippen LogP contribution in [0.25, 0.3) is 0 Å². The minimum absolute atomic E-state index is 0.00848. The number of ether oxygens (including phenoxy) is 2. The van der Waals surface area contributed by atoms with E-state index >= 15 is 0 Å². The normalized spacial score (nSPS) is 19.0. The van der Waals surface area contributed by atoms with Gasteiger partial charge in [-0.3, -0.25) is 0 Å². The molecule has 1 aliphatic rings. The molecule has 2 aromatic rings. The Morgan fingerprint density at radius 3 is 2.84 bits per heavy atom. The molecule has 174 valence electrons. The van der Waals surface area contributed by atoms with E-state index in [0.717, 1.165) is 25.4 Å². The van der Waals surface area contributed by atoms with Crippen LogP contribution in [0.5, 0.6) is 5.75 Å². The van der Waals surface area contributed by atoms with Crippen LogP contribution in [-0.2, 0) is 10.9 Å². The Kier molecular flexibility index (Phi) is 7.84. The van der Waals surface area contributed by atoms with E-state index in [-0.39, 0.29) is 18.3 Å². The van der Waals surface area contributed by atoms with Gasteiger partial charge in [-0.15, -0.1) is 0 Å². The third-order valence-electron chi connectivity index (χ3n) is 5.11. The fourth-order valence-electron chi connectivity index (χ4n) is 3.76. The molecule has 2 N–H and O–H groups in total. The number of pyridine rings is 1. The van der Waals surface area contributed by atoms with Gasteiger partial charge < -0.3 is 25.1 Å². The van der Waals surface area contributed by atoms with Gasteiger partial charge in [-0.05, 0) is 24.5 Å². The molecular formula is C21H27F3N6O2. The molecule has 1 aliphatic heterocycles. The lowest BCUT2D eigenvalue weighted by Gasteiger charge is -2.37. The number of nitrogens with one attached hydrogen (secondary N) is 2. The molecule has 11 heteroatoms. The second kappa shape index (κ2) is 10.6. The average Bonchev–Trinajstić information content (AvgIpc) is 2.77. The summed E-state index contributed by atoms with van der Waals surface area (Å²) in [5.41, 5.74) is -0.591. The van der Waals surface area contributed by atoms with E-state index in [9.17, 15) is 13.2 Å². The van der Waals surface area contributed by atoms with Crippen molar-refractivity contribution < 1.29 is 22.6 Å². The van der Waals surface area contributed by atoms with Crippen LogP contribution in [0.1, 0.15) is 24.7 Å². The monoisotopic (exact) mass is 452 g/mol. The molecule has 0 aromatic carbocycles. The number of hydrogen-bond donors (Lipinski definition) is 2. The standard InChI is InChI=1S/C21H27F3N6O2/c1-14-8-15(13-32-17-4-3-5-26-19(17)21(22,23)24)12-30(11-14)18-10-28-16(9-25)20(29-18)27-6-7-31-2/h3-5,9-10,14-15,25H,6-8,11-13H2,1-2H3,(H,27,29). The van der Waals surface area contributed by atoms with Crippen LogP contribution in [0.3, 0.4) is 0 Å². The van der Waals surface area contributed by atoms with E-state index in [2.05, 4.69) is 32.1 Å². The van der Waals surface area contributed by atoms with Crippen molar-refractivity contribution in [3.05, 3.63) is 35.9 Å². The number of halogens is 3. The molecule has 3 heterocycles. The zero-order chi connectivity index (χ0) is 23.1. The summed E-state index contributed by atoms with van der Waals surface area (Å²) < 4.78 is 50.1. The lowest BCUT2D eigenvalue weighted by atomic mass is 9.91. The highest BCUT2D eigenvalue weighted by Gasteiger charge is 2.36. The number of methoxy groups -OCH3 is 1. The smallest absolute Gasteiger partial charge is 0.437 e. The summed E-state index contributed by atoms with van der Waals surface area (Å²) in [6.07, 6.45) is 0.104. The topological polar surface area (TPSA) is 96.2 Å². The maximum atomic E-state index is 13.2. The second-order valence-electron chi connectivity index (χ2n) is 7.80. The zero-order valence-corrected chi connectivity index (χ0v) is 18.0. The molecule has 2 atom stereocenters. The molecule has 2 unspecified atom stereocenters. The maximum absolute atomic E-state index is 13.2. The molecule has 0 aliphatic carbocycles. The van der Waals surface area contributed by atoms with E-state index in [1.807, 2.05) is 0 Å². The van der Waals surface area contributed by atoms with Crippen LogP contribution >= 0.6 is 0 Å². The number of piperidine rings is 1. The Morgan fingerprint density at radius 2 is 2.12 bits per heavy atom. The Balaban J connectivity index is 1.71. The van der Waals surface area contributed by atoms with Gasteiger partial charge in [0.1, 0.15) is 17.3 Å². The minimum atomic E-state index is -4.57. The number of anilines is 2. The molecule has 32 heavy (non-hydrogen) atoms. The average molecular weight is 452 g/mol. The molecular weight excluding hydrogens is 425 g/mol. The van der Waals surface area contributed by atoms with Gasteiger partial charge >= 0.3 is 6.18 Å². The highest BCUT2D eigenvalue weighted by atomic mass is 19.4. The lowest BCUT2D eigenvalue weighted by Crippen LogP contribution is -2.42. The molecule has 1 saturated heterocycles. The van der Waals surface area contributed by atoms with Crippen LogP contribution in [-0.4, -0.2) is 61.1 Å². The van der Waals surface area contributed by atoms with Gasteiger partial charge in [-0.1, -0.05) is 6.92 Å². The summed E-state index contributed by atoms with van der Waals surface area (Å²) in [5.74, 6) is 1.18. The third-order valence-corrected chi connectivity index (χ3v) is 5.11. The molecule has 8 nitrogen and oxygen atoms in total. The molecule has 0 bridgehead atoms. The molecule has 1 fully saturated rings. The van der Waals surface area contributed by atoms with Crippen molar-refractivity contribution in [2.24, 2.45) is 11.8 Å². The van der Waals surface area contributed by atoms with E-state index in [1.54, 1.807) is 13.3 Å². The number of alkyl halides is 3. The molecule has 0 radical (unpaired) electrons. The van der Waals surface area contributed by atoms with E-state index in [4.69, 9.17) is 14.9 Å². The van der Waals surface area contributed by atoms with Crippen molar-refractivity contribution >= 4 is 17.9 Å². The Morgan fingerprint density at radius 1 is 1.31 bits per heavy atom. The lowest BCUT2D eigenvalue weighted by molar-refractivity contribution is -0.142. The summed E-state index contributed by atoms with van der Waals surface area (Å²) in [6.45, 7) is 4.55. The predicted molar refractivity (Wildman–Crippen MR) is 115 cm³/mol. The number of rotatable bonds is 9. The second-order valence-corrected chi connectivity index (χ2v) is 7.80. The summed E-state index contributed by atoms with van der Waals surface area (Å²) in [6, 6.07) is 2.72. The Bertz CT molecular complexity index is 911. The summed E-state index contributed by atoms with van der Waals surface area (Å²) in [4.78, 5) is 14.4. The highest BCUT2D eigenvalue weighted by molar-refractivity contribution is 5.81. The number of aromatic nitrogens is 3. The first-order chi connectivity index (χ1) is 15.3. The van der Waals surface area contributed by atoms with Crippen molar-refractivity contribution in [3.8, 4) is 5.75 Å². The van der Waals surface area contributed by atoms with Gasteiger partial charge in [0.2, 0.25) is 0 Å².